The van der Waals surface area contributed by atoms with Crippen molar-refractivity contribution in [3.05, 3.63) is 59.7 Å². The summed E-state index contributed by atoms with van der Waals surface area (Å²) >= 11 is 0. The number of amides is 1. The number of hydrogen-bond acceptors (Lipinski definition) is 3. The predicted molar refractivity (Wildman–Crippen MR) is 83.6 cm³/mol. The normalized spacial score (nSPS) is 11.9. The van der Waals surface area contributed by atoms with E-state index in [1.54, 1.807) is 18.2 Å². The Balaban J connectivity index is 2.39. The number of para-hydroxylation sites is 2. The van der Waals surface area contributed by atoms with Gasteiger partial charge in [-0.1, -0.05) is 37.3 Å². The molecule has 0 heterocycles. The lowest BCUT2D eigenvalue weighted by molar-refractivity contribution is 0.0998. The van der Waals surface area contributed by atoms with Gasteiger partial charge in [0, 0.05) is 11.6 Å². The molecular weight excluding hydrogens is 264 g/mol. The summed E-state index contributed by atoms with van der Waals surface area (Å²) in [6.07, 6.45) is 0.939. The average molecular weight is 284 g/mol. The summed E-state index contributed by atoms with van der Waals surface area (Å²) in [4.78, 5) is 11.5. The molecule has 4 heteroatoms. The molecule has 0 fully saturated rings. The van der Waals surface area contributed by atoms with Gasteiger partial charge in [-0.2, -0.15) is 0 Å². The van der Waals surface area contributed by atoms with Gasteiger partial charge in [0.05, 0.1) is 5.56 Å². The predicted octanol–water partition coefficient (Wildman–Crippen LogP) is 3.25. The zero-order valence-electron chi connectivity index (χ0n) is 12.3. The Morgan fingerprint density at radius 2 is 1.76 bits per heavy atom. The summed E-state index contributed by atoms with van der Waals surface area (Å²) in [6, 6.07) is 15.0. The first kappa shape index (κ1) is 15.1. The molecule has 1 amide bonds. The highest BCUT2D eigenvalue weighted by Crippen LogP contribution is 2.32. The third-order valence-corrected chi connectivity index (χ3v) is 3.42. The summed E-state index contributed by atoms with van der Waals surface area (Å²) in [6.45, 7) is 2.11. The van der Waals surface area contributed by atoms with E-state index < -0.39 is 5.91 Å². The standard InChI is InChI=1S/C17H20N2O2/c1-3-14(19-2)12-8-4-6-10-15(12)21-16-11-7-5-9-13(16)17(18)20/h4-11,14,19H,3H2,1-2H3,(H2,18,20). The lowest BCUT2D eigenvalue weighted by Crippen LogP contribution is -2.16. The van der Waals surface area contributed by atoms with Crippen LogP contribution in [0.4, 0.5) is 0 Å². The topological polar surface area (TPSA) is 64.3 Å². The van der Waals surface area contributed by atoms with Crippen LogP contribution in [0.1, 0.15) is 35.3 Å². The smallest absolute Gasteiger partial charge is 0.252 e. The molecule has 4 nitrogen and oxygen atoms in total. The van der Waals surface area contributed by atoms with Crippen LogP contribution in [0.5, 0.6) is 11.5 Å². The lowest BCUT2D eigenvalue weighted by Gasteiger charge is -2.19. The van der Waals surface area contributed by atoms with E-state index in [-0.39, 0.29) is 6.04 Å². The van der Waals surface area contributed by atoms with Gasteiger partial charge in [-0.3, -0.25) is 4.79 Å². The quantitative estimate of drug-likeness (QED) is 0.855. The minimum atomic E-state index is -0.497. The van der Waals surface area contributed by atoms with Crippen LogP contribution in [0, 0.1) is 0 Å². The van der Waals surface area contributed by atoms with Crippen LogP contribution in [0.15, 0.2) is 48.5 Å². The van der Waals surface area contributed by atoms with Gasteiger partial charge in [0.25, 0.3) is 5.91 Å². The molecule has 0 aromatic heterocycles. The van der Waals surface area contributed by atoms with Crippen LogP contribution in [-0.4, -0.2) is 13.0 Å². The van der Waals surface area contributed by atoms with Crippen molar-refractivity contribution in [2.24, 2.45) is 5.73 Å². The second-order valence-corrected chi connectivity index (χ2v) is 4.75. The fourth-order valence-electron chi connectivity index (χ4n) is 2.32. The number of benzene rings is 2. The van der Waals surface area contributed by atoms with Gasteiger partial charge in [-0.15, -0.1) is 0 Å². The molecule has 110 valence electrons. The molecule has 0 spiro atoms. The molecule has 2 aromatic rings. The summed E-state index contributed by atoms with van der Waals surface area (Å²) in [5.74, 6) is 0.708. The second-order valence-electron chi connectivity index (χ2n) is 4.75. The van der Waals surface area contributed by atoms with Gasteiger partial charge in [0.1, 0.15) is 11.5 Å². The Bertz CT molecular complexity index is 622. The van der Waals surface area contributed by atoms with Crippen molar-refractivity contribution in [1.82, 2.24) is 5.32 Å². The molecule has 0 saturated heterocycles. The molecule has 2 rings (SSSR count). The molecule has 0 radical (unpaired) electrons. The van der Waals surface area contributed by atoms with Crippen LogP contribution in [0.25, 0.3) is 0 Å². The van der Waals surface area contributed by atoms with Crippen molar-refractivity contribution in [1.29, 1.82) is 0 Å². The maximum atomic E-state index is 11.5. The molecule has 1 unspecified atom stereocenters. The van der Waals surface area contributed by atoms with E-state index in [2.05, 4.69) is 12.2 Å². The Morgan fingerprint density at radius 3 is 2.38 bits per heavy atom. The zero-order chi connectivity index (χ0) is 15.2. The van der Waals surface area contributed by atoms with Crippen molar-refractivity contribution in [3.8, 4) is 11.5 Å². The molecule has 21 heavy (non-hydrogen) atoms. The minimum Gasteiger partial charge on any atom is -0.456 e. The minimum absolute atomic E-state index is 0.196. The number of rotatable bonds is 6. The molecule has 0 bridgehead atoms. The van der Waals surface area contributed by atoms with Gasteiger partial charge in [0.15, 0.2) is 0 Å². The van der Waals surface area contributed by atoms with E-state index in [0.29, 0.717) is 11.3 Å². The maximum Gasteiger partial charge on any atom is 0.252 e. The third-order valence-electron chi connectivity index (χ3n) is 3.42. The largest absolute Gasteiger partial charge is 0.456 e. The Morgan fingerprint density at radius 1 is 1.14 bits per heavy atom. The van der Waals surface area contributed by atoms with Crippen molar-refractivity contribution in [2.75, 3.05) is 7.05 Å². The summed E-state index contributed by atoms with van der Waals surface area (Å²) in [5.41, 5.74) is 6.82. The van der Waals surface area contributed by atoms with Gasteiger partial charge in [-0.05, 0) is 31.7 Å². The molecule has 3 N–H and O–H groups in total. The molecule has 0 aliphatic rings. The SMILES string of the molecule is CCC(NC)c1ccccc1Oc1ccccc1C(N)=O. The van der Waals surface area contributed by atoms with Gasteiger partial charge in [-0.25, -0.2) is 0 Å². The Labute approximate surface area is 124 Å². The number of primary amides is 1. The highest BCUT2D eigenvalue weighted by molar-refractivity contribution is 5.95. The molecular formula is C17H20N2O2. The number of nitrogens with one attached hydrogen (secondary N) is 1. The van der Waals surface area contributed by atoms with Crippen LogP contribution in [-0.2, 0) is 0 Å². The number of carbonyl (C=O) groups is 1. The first-order valence-corrected chi connectivity index (χ1v) is 7.00. The average Bonchev–Trinajstić information content (AvgIpc) is 2.50. The van der Waals surface area contributed by atoms with Crippen LogP contribution >= 0.6 is 0 Å². The first-order chi connectivity index (χ1) is 10.2. The molecule has 0 saturated carbocycles. The van der Waals surface area contributed by atoms with E-state index in [0.717, 1.165) is 17.7 Å². The van der Waals surface area contributed by atoms with Crippen molar-refractivity contribution >= 4 is 5.91 Å². The molecule has 2 aromatic carbocycles. The molecule has 0 aliphatic heterocycles. The monoisotopic (exact) mass is 284 g/mol. The van der Waals surface area contributed by atoms with Crippen molar-refractivity contribution < 1.29 is 9.53 Å². The van der Waals surface area contributed by atoms with Gasteiger partial charge in [0.2, 0.25) is 0 Å². The van der Waals surface area contributed by atoms with E-state index in [1.165, 1.54) is 0 Å². The van der Waals surface area contributed by atoms with E-state index in [9.17, 15) is 4.79 Å². The zero-order valence-corrected chi connectivity index (χ0v) is 12.3. The Hall–Kier alpha value is -2.33. The van der Waals surface area contributed by atoms with Crippen LogP contribution < -0.4 is 15.8 Å². The number of nitrogens with two attached hydrogens (primary N) is 1. The van der Waals surface area contributed by atoms with Crippen molar-refractivity contribution in [2.45, 2.75) is 19.4 Å². The maximum absolute atomic E-state index is 11.5. The Kier molecular flexibility index (Phi) is 4.95. The highest BCUT2D eigenvalue weighted by atomic mass is 16.5. The molecule has 1 atom stereocenters. The lowest BCUT2D eigenvalue weighted by atomic mass is 10.0. The van der Waals surface area contributed by atoms with Crippen molar-refractivity contribution in [3.63, 3.8) is 0 Å². The van der Waals surface area contributed by atoms with Gasteiger partial charge < -0.3 is 15.8 Å². The fraction of sp³-hybridized carbons (Fsp3) is 0.235. The van der Waals surface area contributed by atoms with Gasteiger partial charge >= 0.3 is 0 Å². The summed E-state index contributed by atoms with van der Waals surface area (Å²) in [7, 11) is 1.92. The summed E-state index contributed by atoms with van der Waals surface area (Å²) < 4.78 is 5.95. The number of carbonyl (C=O) groups excluding carboxylic acids is 1. The number of hydrogen-bond donors (Lipinski definition) is 2. The second kappa shape index (κ2) is 6.90. The summed E-state index contributed by atoms with van der Waals surface area (Å²) in [5, 5.41) is 3.26. The first-order valence-electron chi connectivity index (χ1n) is 7.00. The van der Waals surface area contributed by atoms with E-state index in [1.807, 2.05) is 37.4 Å². The van der Waals surface area contributed by atoms with Crippen LogP contribution in [0.2, 0.25) is 0 Å². The molecule has 0 aliphatic carbocycles. The fourth-order valence-corrected chi connectivity index (χ4v) is 2.32. The highest BCUT2D eigenvalue weighted by Gasteiger charge is 2.15. The van der Waals surface area contributed by atoms with E-state index in [4.69, 9.17) is 10.5 Å². The third kappa shape index (κ3) is 3.41. The van der Waals surface area contributed by atoms with Crippen LogP contribution in [0.3, 0.4) is 0 Å². The van der Waals surface area contributed by atoms with E-state index >= 15 is 0 Å². The number of ether oxygens (including phenoxy) is 1.